The minimum Gasteiger partial charge on any atom is -0.479 e. The Labute approximate surface area is 74.3 Å². The van der Waals surface area contributed by atoms with Gasteiger partial charge in [0, 0.05) is 6.84 Å². The second-order valence-corrected chi connectivity index (χ2v) is 3.58. The molecular formula is C9H19FO2. The molecule has 0 fully saturated rings. The zero-order valence-electron chi connectivity index (χ0n) is 8.15. The van der Waals surface area contributed by atoms with Crippen LogP contribution in [-0.4, -0.2) is 16.7 Å². The molecule has 0 aromatic carbocycles. The summed E-state index contributed by atoms with van der Waals surface area (Å²) in [6.45, 7) is 6.43. The summed E-state index contributed by atoms with van der Waals surface area (Å²) < 4.78 is 13.7. The lowest BCUT2D eigenvalue weighted by Gasteiger charge is -2.36. The topological polar surface area (TPSA) is 37.3 Å². The fourth-order valence-electron chi connectivity index (χ4n) is 1.17. The van der Waals surface area contributed by atoms with Crippen LogP contribution in [-0.2, 0) is 4.79 Å². The van der Waals surface area contributed by atoms with Gasteiger partial charge in [0.1, 0.15) is 0 Å². The Morgan fingerprint density at radius 1 is 1.42 bits per heavy atom. The highest BCUT2D eigenvalue weighted by molar-refractivity contribution is 5.77. The summed E-state index contributed by atoms with van der Waals surface area (Å²) in [6, 6.07) is 0. The van der Waals surface area contributed by atoms with Gasteiger partial charge in [-0.15, -0.1) is 0 Å². The van der Waals surface area contributed by atoms with Crippen molar-refractivity contribution in [3.8, 4) is 0 Å². The standard InChI is InChI=1S/C9H17FO2.H2/c1-5-8(3,6-2)9(4,10)7(11)12;/h5-6H2,1-4H3,(H,11,12);1H. The molecule has 74 valence electrons. The van der Waals surface area contributed by atoms with E-state index in [1.807, 2.05) is 13.8 Å². The summed E-state index contributed by atoms with van der Waals surface area (Å²) in [5.74, 6) is -1.37. The number of alkyl halides is 1. The molecule has 0 aliphatic rings. The minimum absolute atomic E-state index is 0. The lowest BCUT2D eigenvalue weighted by molar-refractivity contribution is -0.159. The van der Waals surface area contributed by atoms with Gasteiger partial charge in [0.2, 0.25) is 5.67 Å². The van der Waals surface area contributed by atoms with Gasteiger partial charge in [-0.2, -0.15) is 0 Å². The highest BCUT2D eigenvalue weighted by Crippen LogP contribution is 2.40. The Morgan fingerprint density at radius 2 is 1.75 bits per heavy atom. The van der Waals surface area contributed by atoms with Crippen LogP contribution >= 0.6 is 0 Å². The van der Waals surface area contributed by atoms with Crippen LogP contribution in [0.2, 0.25) is 0 Å². The first-order valence-corrected chi connectivity index (χ1v) is 4.24. The van der Waals surface area contributed by atoms with Crippen LogP contribution in [0.3, 0.4) is 0 Å². The number of hydrogen-bond acceptors (Lipinski definition) is 1. The molecule has 0 spiro atoms. The smallest absolute Gasteiger partial charge is 0.341 e. The van der Waals surface area contributed by atoms with E-state index < -0.39 is 17.1 Å². The molecule has 0 saturated carbocycles. The number of carboxylic acids is 1. The third-order valence-electron chi connectivity index (χ3n) is 3.10. The SMILES string of the molecule is CCC(C)(CC)C(C)(F)C(=O)O.[HH]. The molecule has 0 saturated heterocycles. The Kier molecular flexibility index (Phi) is 3.25. The van der Waals surface area contributed by atoms with Gasteiger partial charge in [0.05, 0.1) is 0 Å². The summed E-state index contributed by atoms with van der Waals surface area (Å²) in [5.41, 5.74) is -2.89. The molecule has 0 aromatic heterocycles. The molecule has 0 aliphatic carbocycles. The first-order chi connectivity index (χ1) is 5.31. The van der Waals surface area contributed by atoms with Crippen molar-refractivity contribution in [2.45, 2.75) is 46.2 Å². The van der Waals surface area contributed by atoms with E-state index in [-0.39, 0.29) is 1.43 Å². The minimum atomic E-state index is -2.13. The number of halogens is 1. The Hall–Kier alpha value is -0.600. The van der Waals surface area contributed by atoms with Crippen molar-refractivity contribution < 1.29 is 15.7 Å². The summed E-state index contributed by atoms with van der Waals surface area (Å²) >= 11 is 0. The van der Waals surface area contributed by atoms with Gasteiger partial charge in [0.15, 0.2) is 0 Å². The Balaban J connectivity index is 0. The molecule has 0 rings (SSSR count). The van der Waals surface area contributed by atoms with Gasteiger partial charge >= 0.3 is 5.97 Å². The highest BCUT2D eigenvalue weighted by atomic mass is 19.1. The average Bonchev–Trinajstić information content (AvgIpc) is 2.02. The largest absolute Gasteiger partial charge is 0.479 e. The molecule has 1 unspecified atom stereocenters. The van der Waals surface area contributed by atoms with Gasteiger partial charge in [-0.05, 0) is 19.8 Å². The number of hydrogen-bond donors (Lipinski definition) is 1. The van der Waals surface area contributed by atoms with Gasteiger partial charge in [-0.3, -0.25) is 0 Å². The Bertz CT molecular complexity index is 176. The van der Waals surface area contributed by atoms with Crippen LogP contribution in [0, 0.1) is 5.41 Å². The number of aliphatic carboxylic acids is 1. The fourth-order valence-corrected chi connectivity index (χ4v) is 1.17. The van der Waals surface area contributed by atoms with Crippen molar-refractivity contribution in [1.82, 2.24) is 0 Å². The van der Waals surface area contributed by atoms with Crippen LogP contribution in [0.5, 0.6) is 0 Å². The molecule has 1 N–H and O–H groups in total. The molecule has 0 aromatic rings. The third-order valence-corrected chi connectivity index (χ3v) is 3.10. The molecule has 0 heterocycles. The van der Waals surface area contributed by atoms with E-state index in [4.69, 9.17) is 5.11 Å². The average molecular weight is 178 g/mol. The van der Waals surface area contributed by atoms with E-state index in [1.54, 1.807) is 6.92 Å². The van der Waals surface area contributed by atoms with Crippen molar-refractivity contribution >= 4 is 5.97 Å². The van der Waals surface area contributed by atoms with Crippen molar-refractivity contribution in [3.05, 3.63) is 0 Å². The van der Waals surface area contributed by atoms with Crippen molar-refractivity contribution in [1.29, 1.82) is 0 Å². The molecule has 0 amide bonds. The molecule has 3 heteroatoms. The monoisotopic (exact) mass is 178 g/mol. The van der Waals surface area contributed by atoms with Crippen LogP contribution < -0.4 is 0 Å². The van der Waals surface area contributed by atoms with E-state index in [2.05, 4.69) is 0 Å². The molecule has 0 radical (unpaired) electrons. The van der Waals surface area contributed by atoms with Crippen molar-refractivity contribution in [3.63, 3.8) is 0 Å². The van der Waals surface area contributed by atoms with Gasteiger partial charge in [-0.25, -0.2) is 9.18 Å². The van der Waals surface area contributed by atoms with Crippen LogP contribution in [0.4, 0.5) is 4.39 Å². The number of carbonyl (C=O) groups is 1. The summed E-state index contributed by atoms with van der Waals surface area (Å²) in [5, 5.41) is 8.66. The molecule has 0 bridgehead atoms. The zero-order chi connectivity index (χ0) is 9.99. The van der Waals surface area contributed by atoms with E-state index >= 15 is 0 Å². The second-order valence-electron chi connectivity index (χ2n) is 3.58. The third kappa shape index (κ3) is 1.59. The highest BCUT2D eigenvalue weighted by Gasteiger charge is 2.48. The van der Waals surface area contributed by atoms with Crippen molar-refractivity contribution in [2.75, 3.05) is 0 Å². The van der Waals surface area contributed by atoms with Crippen LogP contribution in [0.15, 0.2) is 0 Å². The van der Waals surface area contributed by atoms with Crippen LogP contribution in [0.1, 0.15) is 42.0 Å². The van der Waals surface area contributed by atoms with E-state index in [9.17, 15) is 9.18 Å². The lowest BCUT2D eigenvalue weighted by atomic mass is 9.71. The number of rotatable bonds is 4. The summed E-state index contributed by atoms with van der Waals surface area (Å²) in [7, 11) is 0. The number of carboxylic acid groups (broad SMARTS) is 1. The quantitative estimate of drug-likeness (QED) is 0.718. The Morgan fingerprint density at radius 3 is 1.83 bits per heavy atom. The summed E-state index contributed by atoms with van der Waals surface area (Å²) in [6.07, 6.45) is 1.06. The van der Waals surface area contributed by atoms with Crippen LogP contribution in [0.25, 0.3) is 0 Å². The van der Waals surface area contributed by atoms with E-state index in [0.717, 1.165) is 6.92 Å². The zero-order valence-corrected chi connectivity index (χ0v) is 8.15. The lowest BCUT2D eigenvalue weighted by Crippen LogP contribution is -2.46. The second kappa shape index (κ2) is 3.42. The molecule has 2 nitrogen and oxygen atoms in total. The van der Waals surface area contributed by atoms with E-state index in [1.165, 1.54) is 0 Å². The first kappa shape index (κ1) is 11.4. The van der Waals surface area contributed by atoms with Gasteiger partial charge in [-0.1, -0.05) is 20.8 Å². The maximum atomic E-state index is 13.7. The normalized spacial score (nSPS) is 17.1. The molecule has 0 aliphatic heterocycles. The van der Waals surface area contributed by atoms with Crippen molar-refractivity contribution in [2.24, 2.45) is 5.41 Å². The predicted octanol–water partition coefficient (Wildman–Crippen LogP) is 2.87. The maximum Gasteiger partial charge on any atom is 0.341 e. The summed E-state index contributed by atoms with van der Waals surface area (Å²) in [4.78, 5) is 10.6. The molecule has 12 heavy (non-hydrogen) atoms. The molecule has 1 atom stereocenters. The fraction of sp³-hybridized carbons (Fsp3) is 0.889. The maximum absolute atomic E-state index is 13.7. The van der Waals surface area contributed by atoms with Gasteiger partial charge < -0.3 is 5.11 Å². The predicted molar refractivity (Wildman–Crippen MR) is 48.0 cm³/mol. The van der Waals surface area contributed by atoms with Gasteiger partial charge in [0.25, 0.3) is 0 Å². The molecular weight excluding hydrogens is 159 g/mol. The first-order valence-electron chi connectivity index (χ1n) is 4.24. The van der Waals surface area contributed by atoms with E-state index in [0.29, 0.717) is 12.8 Å².